The summed E-state index contributed by atoms with van der Waals surface area (Å²) in [6.45, 7) is 6.21. The molecule has 1 aromatic rings. The fraction of sp³-hybridized carbons (Fsp3) is 0.538. The molecule has 0 amide bonds. The normalized spacial score (nSPS) is 19.1. The summed E-state index contributed by atoms with van der Waals surface area (Å²) in [6, 6.07) is 5.02. The van der Waals surface area contributed by atoms with Gasteiger partial charge in [0.2, 0.25) is 10.0 Å². The van der Waals surface area contributed by atoms with Gasteiger partial charge in [-0.15, -0.1) is 0 Å². The Kier molecular flexibility index (Phi) is 3.95. The smallest absolute Gasteiger partial charge is 0.242 e. The summed E-state index contributed by atoms with van der Waals surface area (Å²) in [6.07, 6.45) is 0. The molecule has 0 aliphatic carbocycles. The molecule has 1 heterocycles. The maximum atomic E-state index is 11.8. The van der Waals surface area contributed by atoms with Crippen LogP contribution in [0.25, 0.3) is 0 Å². The monoisotopic (exact) mass is 299 g/mol. The molecule has 0 atom stereocenters. The van der Waals surface area contributed by atoms with Crippen molar-refractivity contribution in [3.63, 3.8) is 0 Å². The lowest BCUT2D eigenvalue weighted by molar-refractivity contribution is -0.0276. The molecule has 1 aromatic carbocycles. The highest BCUT2D eigenvalue weighted by atomic mass is 32.2. The van der Waals surface area contributed by atoms with E-state index in [1.54, 1.807) is 18.2 Å². The zero-order chi connectivity index (χ0) is 15.0. The van der Waals surface area contributed by atoms with Crippen LogP contribution in [0.2, 0.25) is 0 Å². The Morgan fingerprint density at radius 1 is 1.40 bits per heavy atom. The molecule has 0 saturated carbocycles. The fourth-order valence-corrected chi connectivity index (χ4v) is 3.16. The first-order valence-electron chi connectivity index (χ1n) is 6.47. The van der Waals surface area contributed by atoms with Crippen LogP contribution in [0.5, 0.6) is 0 Å². The zero-order valence-electron chi connectivity index (χ0n) is 12.0. The fourth-order valence-electron chi connectivity index (χ4n) is 2.32. The summed E-state index contributed by atoms with van der Waals surface area (Å²) >= 11 is 0. The minimum absolute atomic E-state index is 0.108. The van der Waals surface area contributed by atoms with E-state index >= 15 is 0 Å². The van der Waals surface area contributed by atoms with E-state index in [9.17, 15) is 8.42 Å². The lowest BCUT2D eigenvalue weighted by Gasteiger charge is -2.39. The predicted molar refractivity (Wildman–Crippen MR) is 79.3 cm³/mol. The van der Waals surface area contributed by atoms with Gasteiger partial charge in [0.1, 0.15) is 4.90 Å². The van der Waals surface area contributed by atoms with Crippen LogP contribution in [0.4, 0.5) is 11.4 Å². The molecule has 1 aliphatic heterocycles. The van der Waals surface area contributed by atoms with Gasteiger partial charge in [0.05, 0.1) is 17.9 Å². The molecule has 1 aliphatic rings. The Morgan fingerprint density at radius 3 is 2.65 bits per heavy atom. The van der Waals surface area contributed by atoms with Gasteiger partial charge >= 0.3 is 0 Å². The number of hydrogen-bond donors (Lipinski definition) is 2. The predicted octanol–water partition coefficient (Wildman–Crippen LogP) is 0.792. The van der Waals surface area contributed by atoms with Gasteiger partial charge < -0.3 is 15.4 Å². The van der Waals surface area contributed by atoms with Crippen molar-refractivity contribution in [2.45, 2.75) is 24.3 Å². The Balaban J connectivity index is 2.30. The molecule has 0 spiro atoms. The van der Waals surface area contributed by atoms with Gasteiger partial charge in [0.25, 0.3) is 0 Å². The maximum absolute atomic E-state index is 11.8. The summed E-state index contributed by atoms with van der Waals surface area (Å²) < 4.78 is 31.5. The number of benzene rings is 1. The minimum atomic E-state index is -3.52. The summed E-state index contributed by atoms with van der Waals surface area (Å²) in [7, 11) is -2.15. The van der Waals surface area contributed by atoms with Crippen LogP contribution in [0.1, 0.15) is 13.8 Å². The largest absolute Gasteiger partial charge is 0.398 e. The molecule has 3 N–H and O–H groups in total. The highest BCUT2D eigenvalue weighted by Crippen LogP contribution is 2.28. The standard InChI is InChI=1S/C13H21N3O3S/c1-13(2)9-16(6-7-19-13)10-4-5-12(11(14)8-10)20(17,18)15-3/h4-5,8,15H,6-7,9,14H2,1-3H3. The van der Waals surface area contributed by atoms with Crippen LogP contribution >= 0.6 is 0 Å². The average molecular weight is 299 g/mol. The molecule has 2 rings (SSSR count). The Hall–Kier alpha value is -1.31. The lowest BCUT2D eigenvalue weighted by Crippen LogP contribution is -2.48. The number of hydrogen-bond acceptors (Lipinski definition) is 5. The second kappa shape index (κ2) is 5.23. The number of nitrogens with two attached hydrogens (primary N) is 1. The molecule has 7 heteroatoms. The summed E-state index contributed by atoms with van der Waals surface area (Å²) in [4.78, 5) is 2.26. The zero-order valence-corrected chi connectivity index (χ0v) is 12.8. The van der Waals surface area contributed by atoms with Gasteiger partial charge in [-0.1, -0.05) is 0 Å². The Bertz CT molecular complexity index is 599. The van der Waals surface area contributed by atoms with E-state index in [0.29, 0.717) is 6.61 Å². The van der Waals surface area contributed by atoms with E-state index in [4.69, 9.17) is 10.5 Å². The summed E-state index contributed by atoms with van der Waals surface area (Å²) in [5.74, 6) is 0. The second-order valence-electron chi connectivity index (χ2n) is 5.46. The molecule has 112 valence electrons. The van der Waals surface area contributed by atoms with Crippen molar-refractivity contribution in [1.82, 2.24) is 4.72 Å². The first kappa shape index (κ1) is 15.1. The molecular weight excluding hydrogens is 278 g/mol. The van der Waals surface area contributed by atoms with Gasteiger partial charge in [-0.3, -0.25) is 0 Å². The van der Waals surface area contributed by atoms with E-state index in [1.807, 2.05) is 13.8 Å². The van der Waals surface area contributed by atoms with E-state index in [2.05, 4.69) is 9.62 Å². The molecule has 20 heavy (non-hydrogen) atoms. The minimum Gasteiger partial charge on any atom is -0.398 e. The first-order chi connectivity index (χ1) is 9.25. The van der Waals surface area contributed by atoms with Gasteiger partial charge in [0.15, 0.2) is 0 Å². The third-order valence-corrected chi connectivity index (χ3v) is 4.83. The highest BCUT2D eigenvalue weighted by Gasteiger charge is 2.28. The van der Waals surface area contributed by atoms with Gasteiger partial charge in [-0.05, 0) is 39.1 Å². The van der Waals surface area contributed by atoms with Gasteiger partial charge in [-0.25, -0.2) is 13.1 Å². The number of ether oxygens (including phenoxy) is 1. The highest BCUT2D eigenvalue weighted by molar-refractivity contribution is 7.89. The molecule has 1 fully saturated rings. The van der Waals surface area contributed by atoms with E-state index < -0.39 is 10.0 Å². The SMILES string of the molecule is CNS(=O)(=O)c1ccc(N2CCOC(C)(C)C2)cc1N. The van der Waals surface area contributed by atoms with Crippen LogP contribution in [0.15, 0.2) is 23.1 Å². The molecule has 0 aromatic heterocycles. The molecule has 0 radical (unpaired) electrons. The molecule has 6 nitrogen and oxygen atoms in total. The van der Waals surface area contributed by atoms with Crippen LogP contribution < -0.4 is 15.4 Å². The quantitative estimate of drug-likeness (QED) is 0.806. The number of nitrogens with one attached hydrogen (secondary N) is 1. The van der Waals surface area contributed by atoms with Crippen LogP contribution in [0.3, 0.4) is 0 Å². The summed E-state index contributed by atoms with van der Waals surface area (Å²) in [5, 5.41) is 0. The van der Waals surface area contributed by atoms with E-state index in [-0.39, 0.29) is 16.2 Å². The Morgan fingerprint density at radius 2 is 2.10 bits per heavy atom. The Labute approximate surface area is 120 Å². The number of nitrogen functional groups attached to an aromatic ring is 1. The second-order valence-corrected chi connectivity index (χ2v) is 7.31. The van der Waals surface area contributed by atoms with Crippen molar-refractivity contribution in [2.24, 2.45) is 0 Å². The number of sulfonamides is 1. The lowest BCUT2D eigenvalue weighted by atomic mass is 10.1. The maximum Gasteiger partial charge on any atom is 0.242 e. The first-order valence-corrected chi connectivity index (χ1v) is 7.95. The van der Waals surface area contributed by atoms with E-state index in [0.717, 1.165) is 18.8 Å². The van der Waals surface area contributed by atoms with Gasteiger partial charge in [-0.2, -0.15) is 0 Å². The van der Waals surface area contributed by atoms with Crippen molar-refractivity contribution in [3.05, 3.63) is 18.2 Å². The molecular formula is C13H21N3O3S. The van der Waals surface area contributed by atoms with Crippen LogP contribution in [0, 0.1) is 0 Å². The molecule has 0 unspecified atom stereocenters. The summed E-state index contributed by atoms with van der Waals surface area (Å²) in [5.41, 5.74) is 6.82. The number of anilines is 2. The number of nitrogens with zero attached hydrogens (tertiary/aromatic N) is 1. The molecule has 0 bridgehead atoms. The van der Waals surface area contributed by atoms with Crippen molar-refractivity contribution >= 4 is 21.4 Å². The van der Waals surface area contributed by atoms with Crippen LogP contribution in [-0.4, -0.2) is 40.8 Å². The molecule has 1 saturated heterocycles. The number of morpholine rings is 1. The number of rotatable bonds is 3. The average Bonchev–Trinajstić information content (AvgIpc) is 2.37. The third kappa shape index (κ3) is 3.05. The third-order valence-electron chi connectivity index (χ3n) is 3.34. The van der Waals surface area contributed by atoms with Crippen LogP contribution in [-0.2, 0) is 14.8 Å². The van der Waals surface area contributed by atoms with Crippen molar-refractivity contribution < 1.29 is 13.2 Å². The van der Waals surface area contributed by atoms with Crippen molar-refractivity contribution in [1.29, 1.82) is 0 Å². The van der Waals surface area contributed by atoms with Gasteiger partial charge in [0, 0.05) is 18.8 Å². The van der Waals surface area contributed by atoms with Crippen molar-refractivity contribution in [3.8, 4) is 0 Å². The topological polar surface area (TPSA) is 84.7 Å². The van der Waals surface area contributed by atoms with Crippen molar-refractivity contribution in [2.75, 3.05) is 37.4 Å². The van der Waals surface area contributed by atoms with E-state index in [1.165, 1.54) is 7.05 Å².